The van der Waals surface area contributed by atoms with E-state index in [9.17, 15) is 0 Å². The van der Waals surface area contributed by atoms with Gasteiger partial charge in [-0.15, -0.1) is 0 Å². The van der Waals surface area contributed by atoms with E-state index in [0.717, 1.165) is 24.5 Å². The van der Waals surface area contributed by atoms with Gasteiger partial charge in [0.25, 0.3) is 0 Å². The molecule has 20 heavy (non-hydrogen) atoms. The summed E-state index contributed by atoms with van der Waals surface area (Å²) < 4.78 is 5.48. The summed E-state index contributed by atoms with van der Waals surface area (Å²) in [6, 6.07) is 1.09. The van der Waals surface area contributed by atoms with E-state index < -0.39 is 0 Å². The van der Waals surface area contributed by atoms with E-state index in [0.29, 0.717) is 24.6 Å². The van der Waals surface area contributed by atoms with Crippen molar-refractivity contribution in [1.29, 1.82) is 0 Å². The first-order valence-electron chi connectivity index (χ1n) is 7.41. The molecule has 1 rings (SSSR count). The topological polar surface area (TPSA) is 50.3 Å². The fourth-order valence-electron chi connectivity index (χ4n) is 2.31. The van der Waals surface area contributed by atoms with Crippen LogP contribution in [0.25, 0.3) is 0 Å². The van der Waals surface area contributed by atoms with E-state index in [1.807, 2.05) is 13.8 Å². The number of ether oxygens (including phenoxy) is 1. The quantitative estimate of drug-likeness (QED) is 0.793. The van der Waals surface area contributed by atoms with Gasteiger partial charge in [0.15, 0.2) is 0 Å². The van der Waals surface area contributed by atoms with E-state index in [4.69, 9.17) is 4.74 Å². The lowest BCUT2D eigenvalue weighted by Gasteiger charge is -2.30. The summed E-state index contributed by atoms with van der Waals surface area (Å²) in [5, 5.41) is 3.38. The largest absolute Gasteiger partial charge is 0.478 e. The Kier molecular flexibility index (Phi) is 6.71. The zero-order valence-corrected chi connectivity index (χ0v) is 13.6. The van der Waals surface area contributed by atoms with Crippen molar-refractivity contribution in [3.8, 4) is 5.88 Å². The zero-order valence-electron chi connectivity index (χ0n) is 13.6. The second kappa shape index (κ2) is 8.04. The molecule has 5 heteroatoms. The Bertz CT molecular complexity index is 399. The number of nitrogens with one attached hydrogen (secondary N) is 1. The average molecular weight is 280 g/mol. The van der Waals surface area contributed by atoms with Crippen LogP contribution in [0.3, 0.4) is 0 Å². The predicted octanol–water partition coefficient (Wildman–Crippen LogP) is 2.71. The van der Waals surface area contributed by atoms with Crippen molar-refractivity contribution < 1.29 is 4.74 Å². The first kappa shape index (κ1) is 16.7. The van der Waals surface area contributed by atoms with E-state index in [1.54, 1.807) is 6.33 Å². The van der Waals surface area contributed by atoms with Gasteiger partial charge in [0.1, 0.15) is 12.1 Å². The number of aromatic nitrogens is 2. The molecule has 114 valence electrons. The second-order valence-electron chi connectivity index (χ2n) is 5.44. The minimum Gasteiger partial charge on any atom is -0.478 e. The van der Waals surface area contributed by atoms with E-state index in [1.165, 1.54) is 0 Å². The van der Waals surface area contributed by atoms with Crippen LogP contribution >= 0.6 is 0 Å². The molecule has 0 spiro atoms. The van der Waals surface area contributed by atoms with Crippen molar-refractivity contribution in [2.24, 2.45) is 0 Å². The smallest absolute Gasteiger partial charge is 0.221 e. The normalized spacial score (nSPS) is 11.4. The Morgan fingerprint density at radius 1 is 1.20 bits per heavy atom. The van der Waals surface area contributed by atoms with Crippen molar-refractivity contribution >= 4 is 5.82 Å². The molecule has 0 saturated carbocycles. The number of anilines is 1. The second-order valence-corrected chi connectivity index (χ2v) is 5.44. The zero-order chi connectivity index (χ0) is 15.1. The van der Waals surface area contributed by atoms with E-state index >= 15 is 0 Å². The predicted molar refractivity (Wildman–Crippen MR) is 83.4 cm³/mol. The SMILES string of the molecule is CCOc1ncnc(NCCN(C(C)C)C(C)C)c1C. The lowest BCUT2D eigenvalue weighted by atomic mass is 10.2. The molecule has 0 unspecified atom stereocenters. The fourth-order valence-corrected chi connectivity index (χ4v) is 2.31. The summed E-state index contributed by atoms with van der Waals surface area (Å²) in [5.74, 6) is 1.52. The number of hydrogen-bond donors (Lipinski definition) is 1. The number of rotatable bonds is 8. The molecule has 0 bridgehead atoms. The Morgan fingerprint density at radius 3 is 2.40 bits per heavy atom. The Hall–Kier alpha value is -1.36. The Labute approximate surface area is 122 Å². The van der Waals surface area contributed by atoms with Gasteiger partial charge < -0.3 is 10.1 Å². The van der Waals surface area contributed by atoms with Gasteiger partial charge in [-0.25, -0.2) is 9.97 Å². The van der Waals surface area contributed by atoms with Crippen LogP contribution in [0.2, 0.25) is 0 Å². The van der Waals surface area contributed by atoms with Gasteiger partial charge in [-0.05, 0) is 41.5 Å². The summed E-state index contributed by atoms with van der Waals surface area (Å²) in [4.78, 5) is 10.9. The third kappa shape index (κ3) is 4.63. The lowest BCUT2D eigenvalue weighted by molar-refractivity contribution is 0.182. The third-order valence-electron chi connectivity index (χ3n) is 3.31. The molecule has 0 atom stereocenters. The maximum Gasteiger partial charge on any atom is 0.221 e. The molecule has 0 amide bonds. The minimum absolute atomic E-state index is 0.544. The molecule has 1 aromatic heterocycles. The van der Waals surface area contributed by atoms with Gasteiger partial charge in [-0.1, -0.05) is 0 Å². The monoisotopic (exact) mass is 280 g/mol. The molecule has 1 aromatic rings. The fraction of sp³-hybridized carbons (Fsp3) is 0.733. The number of nitrogens with zero attached hydrogens (tertiary/aromatic N) is 3. The van der Waals surface area contributed by atoms with Gasteiger partial charge in [-0.3, -0.25) is 4.90 Å². The van der Waals surface area contributed by atoms with Crippen LogP contribution in [-0.4, -0.2) is 46.6 Å². The Morgan fingerprint density at radius 2 is 1.85 bits per heavy atom. The summed E-state index contributed by atoms with van der Waals surface area (Å²) >= 11 is 0. The van der Waals surface area contributed by atoms with Crippen LogP contribution in [0, 0.1) is 6.92 Å². The van der Waals surface area contributed by atoms with Gasteiger partial charge in [0.05, 0.1) is 12.2 Å². The molecule has 1 N–H and O–H groups in total. The third-order valence-corrected chi connectivity index (χ3v) is 3.31. The lowest BCUT2D eigenvalue weighted by Crippen LogP contribution is -2.40. The van der Waals surface area contributed by atoms with E-state index in [2.05, 4.69) is 47.9 Å². The van der Waals surface area contributed by atoms with Crippen molar-refractivity contribution in [1.82, 2.24) is 14.9 Å². The summed E-state index contributed by atoms with van der Waals surface area (Å²) in [7, 11) is 0. The molecule has 0 aliphatic carbocycles. The molecule has 0 aliphatic rings. The summed E-state index contributed by atoms with van der Waals surface area (Å²) in [6.07, 6.45) is 1.54. The van der Waals surface area contributed by atoms with Gasteiger partial charge in [0.2, 0.25) is 5.88 Å². The van der Waals surface area contributed by atoms with Crippen molar-refractivity contribution in [2.75, 3.05) is 25.0 Å². The van der Waals surface area contributed by atoms with Crippen molar-refractivity contribution in [2.45, 2.75) is 53.6 Å². The maximum atomic E-state index is 5.48. The summed E-state index contributed by atoms with van der Waals surface area (Å²) in [6.45, 7) is 15.3. The molecular formula is C15H28N4O. The minimum atomic E-state index is 0.544. The summed E-state index contributed by atoms with van der Waals surface area (Å²) in [5.41, 5.74) is 0.968. The molecule has 0 fully saturated rings. The van der Waals surface area contributed by atoms with Gasteiger partial charge in [-0.2, -0.15) is 0 Å². The number of hydrogen-bond acceptors (Lipinski definition) is 5. The molecule has 0 aliphatic heterocycles. The van der Waals surface area contributed by atoms with Crippen LogP contribution in [0.5, 0.6) is 5.88 Å². The average Bonchev–Trinajstić information content (AvgIpc) is 2.38. The molecule has 5 nitrogen and oxygen atoms in total. The van der Waals surface area contributed by atoms with Gasteiger partial charge >= 0.3 is 0 Å². The van der Waals surface area contributed by atoms with Crippen LogP contribution in [0.4, 0.5) is 5.82 Å². The van der Waals surface area contributed by atoms with Crippen LogP contribution in [0.15, 0.2) is 6.33 Å². The van der Waals surface area contributed by atoms with E-state index in [-0.39, 0.29) is 0 Å². The first-order valence-corrected chi connectivity index (χ1v) is 7.41. The molecule has 1 heterocycles. The Balaban J connectivity index is 2.59. The highest BCUT2D eigenvalue weighted by atomic mass is 16.5. The van der Waals surface area contributed by atoms with Gasteiger partial charge in [0, 0.05) is 25.2 Å². The van der Waals surface area contributed by atoms with Crippen LogP contribution < -0.4 is 10.1 Å². The van der Waals surface area contributed by atoms with Crippen LogP contribution in [0.1, 0.15) is 40.2 Å². The first-order chi connectivity index (χ1) is 9.47. The highest BCUT2D eigenvalue weighted by molar-refractivity contribution is 5.47. The van der Waals surface area contributed by atoms with Crippen LogP contribution in [-0.2, 0) is 0 Å². The molecular weight excluding hydrogens is 252 g/mol. The highest BCUT2D eigenvalue weighted by Crippen LogP contribution is 2.20. The highest BCUT2D eigenvalue weighted by Gasteiger charge is 2.13. The standard InChI is InChI=1S/C15H28N4O/c1-7-20-15-13(6)14(17-10-18-15)16-8-9-19(11(2)3)12(4)5/h10-12H,7-9H2,1-6H3,(H,16,17,18). The molecule has 0 aromatic carbocycles. The molecule has 0 saturated heterocycles. The maximum absolute atomic E-state index is 5.48. The van der Waals surface area contributed by atoms with Crippen molar-refractivity contribution in [3.05, 3.63) is 11.9 Å². The van der Waals surface area contributed by atoms with Crippen molar-refractivity contribution in [3.63, 3.8) is 0 Å². The molecule has 0 radical (unpaired) electrons.